The van der Waals surface area contributed by atoms with Crippen LogP contribution in [0.1, 0.15) is 41.6 Å². The van der Waals surface area contributed by atoms with Gasteiger partial charge in [-0.15, -0.1) is 0 Å². The van der Waals surface area contributed by atoms with Gasteiger partial charge in [0.1, 0.15) is 24.4 Å². The molecule has 3 aromatic rings. The van der Waals surface area contributed by atoms with Gasteiger partial charge in [-0.2, -0.15) is 0 Å². The number of nitrogens with one attached hydrogen (secondary N) is 4. The van der Waals surface area contributed by atoms with Crippen molar-refractivity contribution in [2.24, 2.45) is 0 Å². The van der Waals surface area contributed by atoms with Gasteiger partial charge in [0.2, 0.25) is 17.7 Å². The number of carbonyl (C=O) groups excluding carboxylic acids is 4. The molecule has 3 atom stereocenters. The number of aromatic nitrogens is 1. The second-order valence-corrected chi connectivity index (χ2v) is 11.5. The molecule has 3 heterocycles. The van der Waals surface area contributed by atoms with Gasteiger partial charge < -0.3 is 35.5 Å². The fraction of sp³-hybridized carbons (Fsp3) is 0.438. The Balaban J connectivity index is 1.43. The molecular formula is C32H40N6O5. The first-order chi connectivity index (χ1) is 20.8. The van der Waals surface area contributed by atoms with Gasteiger partial charge in [-0.05, 0) is 63.7 Å². The minimum absolute atomic E-state index is 0.191. The lowest BCUT2D eigenvalue weighted by Crippen LogP contribution is -2.54. The standard InChI is InChI=1S/C32H40N6O5/c1-37(2)15-8-14-33-31(41)26-18-29(39)35-27(17-21-19-34-25-12-5-3-10-23(21)25)32(42)38-16-7-9-22(38)20-43-28-13-6-4-11-24(28)30(40)36-26/h3-6,10-13,19,22,26-27,34H,7-9,14-18,20H2,1-2H3,(H,33,41)(H,35,39)(H,36,40)/t22-,26+,27+/m1/s1. The van der Waals surface area contributed by atoms with Crippen molar-refractivity contribution in [2.45, 2.75) is 50.2 Å². The first kappa shape index (κ1) is 30.1. The highest BCUT2D eigenvalue weighted by molar-refractivity contribution is 6.01. The molecule has 2 aromatic carbocycles. The second-order valence-electron chi connectivity index (χ2n) is 11.5. The molecule has 1 fully saturated rings. The van der Waals surface area contributed by atoms with Crippen LogP contribution in [0.5, 0.6) is 5.75 Å². The van der Waals surface area contributed by atoms with Crippen LogP contribution >= 0.6 is 0 Å². The Bertz CT molecular complexity index is 1470. The highest BCUT2D eigenvalue weighted by Crippen LogP contribution is 2.25. The number of hydrogen-bond acceptors (Lipinski definition) is 6. The number of rotatable bonds is 7. The first-order valence-corrected chi connectivity index (χ1v) is 14.9. The monoisotopic (exact) mass is 588 g/mol. The Morgan fingerprint density at radius 2 is 1.86 bits per heavy atom. The van der Waals surface area contributed by atoms with E-state index in [0.29, 0.717) is 25.3 Å². The molecule has 4 N–H and O–H groups in total. The molecule has 0 aliphatic carbocycles. The van der Waals surface area contributed by atoms with Crippen molar-refractivity contribution in [1.29, 1.82) is 0 Å². The fourth-order valence-electron chi connectivity index (χ4n) is 5.80. The van der Waals surface area contributed by atoms with E-state index >= 15 is 0 Å². The van der Waals surface area contributed by atoms with Crippen LogP contribution in [0.3, 0.4) is 0 Å². The number of amides is 4. The van der Waals surface area contributed by atoms with Gasteiger partial charge in [-0.25, -0.2) is 0 Å². The third-order valence-electron chi connectivity index (χ3n) is 8.05. The molecule has 2 aliphatic heterocycles. The maximum atomic E-state index is 14.0. The summed E-state index contributed by atoms with van der Waals surface area (Å²) in [6, 6.07) is 12.4. The molecule has 4 amide bonds. The van der Waals surface area contributed by atoms with Gasteiger partial charge in [0.25, 0.3) is 5.91 Å². The number of aromatic amines is 1. The Kier molecular flexibility index (Phi) is 9.61. The highest BCUT2D eigenvalue weighted by atomic mass is 16.5. The van der Waals surface area contributed by atoms with Crippen molar-refractivity contribution in [2.75, 3.05) is 40.3 Å². The molecule has 0 radical (unpaired) electrons. The van der Waals surface area contributed by atoms with Crippen molar-refractivity contribution in [3.63, 3.8) is 0 Å². The van der Waals surface area contributed by atoms with E-state index in [-0.39, 0.29) is 37.0 Å². The zero-order chi connectivity index (χ0) is 30.3. The molecular weight excluding hydrogens is 548 g/mol. The minimum atomic E-state index is -1.15. The van der Waals surface area contributed by atoms with Gasteiger partial charge in [0, 0.05) is 36.6 Å². The number of para-hydroxylation sites is 2. The summed E-state index contributed by atoms with van der Waals surface area (Å²) in [5.41, 5.74) is 2.11. The Morgan fingerprint density at radius 3 is 2.70 bits per heavy atom. The predicted octanol–water partition coefficient (Wildman–Crippen LogP) is 1.84. The van der Waals surface area contributed by atoms with Gasteiger partial charge >= 0.3 is 0 Å². The molecule has 11 heteroatoms. The fourth-order valence-corrected chi connectivity index (χ4v) is 5.80. The summed E-state index contributed by atoms with van der Waals surface area (Å²) < 4.78 is 6.13. The molecule has 43 heavy (non-hydrogen) atoms. The number of fused-ring (bicyclic) bond motifs is 3. The molecule has 1 aromatic heterocycles. The number of benzene rings is 2. The van der Waals surface area contributed by atoms with Crippen LogP contribution in [0, 0.1) is 0 Å². The Hall–Kier alpha value is -4.38. The lowest BCUT2D eigenvalue weighted by molar-refractivity contribution is -0.138. The van der Waals surface area contributed by atoms with E-state index in [2.05, 4.69) is 20.9 Å². The lowest BCUT2D eigenvalue weighted by atomic mass is 10.0. The Morgan fingerprint density at radius 1 is 1.07 bits per heavy atom. The van der Waals surface area contributed by atoms with Gasteiger partial charge in [0.15, 0.2) is 0 Å². The largest absolute Gasteiger partial charge is 0.491 e. The van der Waals surface area contributed by atoms with Crippen molar-refractivity contribution in [1.82, 2.24) is 30.7 Å². The molecule has 5 rings (SSSR count). The number of H-pyrrole nitrogens is 1. The van der Waals surface area contributed by atoms with E-state index in [1.54, 1.807) is 29.2 Å². The number of ether oxygens (including phenoxy) is 1. The summed E-state index contributed by atoms with van der Waals surface area (Å²) in [6.45, 7) is 1.92. The molecule has 11 nitrogen and oxygen atoms in total. The second kappa shape index (κ2) is 13.7. The van der Waals surface area contributed by atoms with Crippen LogP contribution in [0.25, 0.3) is 10.9 Å². The van der Waals surface area contributed by atoms with E-state index in [0.717, 1.165) is 35.9 Å². The summed E-state index contributed by atoms with van der Waals surface area (Å²) >= 11 is 0. The molecule has 228 valence electrons. The van der Waals surface area contributed by atoms with Crippen LogP contribution in [0.2, 0.25) is 0 Å². The molecule has 1 saturated heterocycles. The number of carbonyl (C=O) groups is 4. The van der Waals surface area contributed by atoms with Gasteiger partial charge in [0.05, 0.1) is 18.0 Å². The normalized spacial score (nSPS) is 21.4. The van der Waals surface area contributed by atoms with Crippen molar-refractivity contribution in [3.05, 3.63) is 65.9 Å². The van der Waals surface area contributed by atoms with E-state index in [1.807, 2.05) is 49.5 Å². The quantitative estimate of drug-likeness (QED) is 0.311. The number of nitrogens with zero attached hydrogens (tertiary/aromatic N) is 2. The molecule has 0 unspecified atom stereocenters. The summed E-state index contributed by atoms with van der Waals surface area (Å²) in [4.78, 5) is 61.3. The maximum Gasteiger partial charge on any atom is 0.255 e. The van der Waals surface area contributed by atoms with Crippen LogP contribution < -0.4 is 20.7 Å². The van der Waals surface area contributed by atoms with Crippen molar-refractivity contribution >= 4 is 34.5 Å². The Labute approximate surface area is 251 Å². The minimum Gasteiger partial charge on any atom is -0.491 e. The summed E-state index contributed by atoms with van der Waals surface area (Å²) in [7, 11) is 3.89. The van der Waals surface area contributed by atoms with Crippen molar-refractivity contribution < 1.29 is 23.9 Å². The lowest BCUT2D eigenvalue weighted by Gasteiger charge is -2.30. The smallest absolute Gasteiger partial charge is 0.255 e. The van der Waals surface area contributed by atoms with E-state index in [9.17, 15) is 19.2 Å². The highest BCUT2D eigenvalue weighted by Gasteiger charge is 2.36. The third-order valence-corrected chi connectivity index (χ3v) is 8.05. The van der Waals surface area contributed by atoms with Gasteiger partial charge in [-0.3, -0.25) is 19.2 Å². The zero-order valence-corrected chi connectivity index (χ0v) is 24.7. The van der Waals surface area contributed by atoms with Crippen molar-refractivity contribution in [3.8, 4) is 5.75 Å². The average Bonchev–Trinajstić information content (AvgIpc) is 3.64. The summed E-state index contributed by atoms with van der Waals surface area (Å²) in [5.74, 6) is -1.30. The van der Waals surface area contributed by atoms with Crippen LogP contribution in [-0.4, -0.2) is 96.9 Å². The summed E-state index contributed by atoms with van der Waals surface area (Å²) in [6.07, 6.45) is 4.09. The SMILES string of the molecule is CN(C)CCCNC(=O)[C@@H]1CC(=O)N[C@@H](Cc2c[nH]c3ccccc23)C(=O)N2CCC[C@@H]2COc2ccccc2C(=O)N1. The maximum absolute atomic E-state index is 14.0. The topological polar surface area (TPSA) is 136 Å². The molecule has 0 saturated carbocycles. The molecule has 0 spiro atoms. The van der Waals surface area contributed by atoms with E-state index < -0.39 is 29.8 Å². The number of hydrogen-bond donors (Lipinski definition) is 4. The third kappa shape index (κ3) is 7.34. The van der Waals surface area contributed by atoms with Crippen LogP contribution in [0.15, 0.2) is 54.7 Å². The average molecular weight is 589 g/mol. The summed E-state index contributed by atoms with van der Waals surface area (Å²) in [5, 5.41) is 9.48. The molecule has 0 bridgehead atoms. The predicted molar refractivity (Wildman–Crippen MR) is 163 cm³/mol. The van der Waals surface area contributed by atoms with Gasteiger partial charge in [-0.1, -0.05) is 30.3 Å². The first-order valence-electron chi connectivity index (χ1n) is 14.9. The van der Waals surface area contributed by atoms with Crippen LogP contribution in [-0.2, 0) is 20.8 Å². The molecule has 2 aliphatic rings. The zero-order valence-electron chi connectivity index (χ0n) is 24.7. The van der Waals surface area contributed by atoms with E-state index in [4.69, 9.17) is 4.74 Å². The van der Waals surface area contributed by atoms with Crippen LogP contribution in [0.4, 0.5) is 0 Å². The van der Waals surface area contributed by atoms with E-state index in [1.165, 1.54) is 0 Å².